The Morgan fingerprint density at radius 3 is 1.58 bits per heavy atom. The monoisotopic (exact) mass is 423 g/mol. The number of aromatic nitrogens is 2. The Bertz CT molecular complexity index is 1470. The second-order valence-electron chi connectivity index (χ2n) is 8.11. The molecule has 0 aliphatic carbocycles. The van der Waals surface area contributed by atoms with Gasteiger partial charge in [-0.1, -0.05) is 109 Å². The van der Waals surface area contributed by atoms with Crippen LogP contribution in [0.15, 0.2) is 140 Å². The molecule has 0 aliphatic rings. The fraction of sp³-hybridized carbons (Fsp3) is 0. The van der Waals surface area contributed by atoms with Crippen molar-refractivity contribution in [3.63, 3.8) is 0 Å². The smallest absolute Gasteiger partial charge is 0.195 e. The summed E-state index contributed by atoms with van der Waals surface area (Å²) in [5.41, 5.74) is 9.48. The van der Waals surface area contributed by atoms with Crippen molar-refractivity contribution in [2.24, 2.45) is 0 Å². The lowest BCUT2D eigenvalue weighted by molar-refractivity contribution is -0.566. The molecule has 6 rings (SSSR count). The number of para-hydroxylation sites is 4. The van der Waals surface area contributed by atoms with Crippen LogP contribution in [0, 0.1) is 0 Å². The summed E-state index contributed by atoms with van der Waals surface area (Å²) in [6, 6.07) is 47.0. The highest BCUT2D eigenvalue weighted by atomic mass is 15.1. The predicted octanol–water partition coefficient (Wildman–Crippen LogP) is 7.24. The summed E-state index contributed by atoms with van der Waals surface area (Å²) in [5.74, 6) is 0. The van der Waals surface area contributed by atoms with Crippen LogP contribution in [0.4, 0.5) is 0 Å². The third-order valence-corrected chi connectivity index (χ3v) is 6.11. The summed E-state index contributed by atoms with van der Waals surface area (Å²) >= 11 is 0. The third kappa shape index (κ3) is 3.42. The van der Waals surface area contributed by atoms with Crippen molar-refractivity contribution in [1.29, 1.82) is 0 Å². The van der Waals surface area contributed by atoms with Crippen LogP contribution in [0.3, 0.4) is 0 Å². The van der Waals surface area contributed by atoms with Crippen molar-refractivity contribution in [3.8, 4) is 33.6 Å². The van der Waals surface area contributed by atoms with Crippen molar-refractivity contribution in [2.75, 3.05) is 0 Å². The van der Waals surface area contributed by atoms with Gasteiger partial charge in [0.05, 0.1) is 0 Å². The van der Waals surface area contributed by atoms with Crippen LogP contribution in [0.1, 0.15) is 0 Å². The van der Waals surface area contributed by atoms with E-state index in [0.29, 0.717) is 0 Å². The molecule has 0 fully saturated rings. The van der Waals surface area contributed by atoms with Gasteiger partial charge in [0, 0.05) is 11.1 Å². The average Bonchev–Trinajstić information content (AvgIpc) is 3.29. The Labute approximate surface area is 193 Å². The minimum atomic E-state index is 1.14. The van der Waals surface area contributed by atoms with Gasteiger partial charge in [-0.05, 0) is 35.4 Å². The van der Waals surface area contributed by atoms with E-state index < -0.39 is 0 Å². The molecule has 2 heteroatoms. The van der Waals surface area contributed by atoms with Gasteiger partial charge in [0.1, 0.15) is 11.4 Å². The molecule has 1 aromatic heterocycles. The van der Waals surface area contributed by atoms with E-state index in [4.69, 9.17) is 0 Å². The Morgan fingerprint density at radius 1 is 0.455 bits per heavy atom. The topological polar surface area (TPSA) is 8.81 Å². The summed E-state index contributed by atoms with van der Waals surface area (Å²) in [7, 11) is 0. The first-order valence-corrected chi connectivity index (χ1v) is 11.2. The van der Waals surface area contributed by atoms with Gasteiger partial charge in [-0.15, -0.1) is 0 Å². The molecule has 0 aliphatic heterocycles. The maximum absolute atomic E-state index is 2.34. The van der Waals surface area contributed by atoms with Crippen LogP contribution in [0.2, 0.25) is 0 Å². The van der Waals surface area contributed by atoms with Crippen LogP contribution in [-0.4, -0.2) is 4.57 Å². The molecule has 1 heterocycles. The van der Waals surface area contributed by atoms with Gasteiger partial charge in [-0.25, -0.2) is 0 Å². The summed E-state index contributed by atoms with van der Waals surface area (Å²) in [4.78, 5) is 0. The molecule has 6 aromatic rings. The van der Waals surface area contributed by atoms with E-state index in [1.807, 2.05) is 0 Å². The number of benzene rings is 5. The van der Waals surface area contributed by atoms with Gasteiger partial charge in [-0.2, -0.15) is 9.13 Å². The summed E-state index contributed by atoms with van der Waals surface area (Å²) < 4.78 is 4.61. The molecule has 0 radical (unpaired) electrons. The van der Waals surface area contributed by atoms with Crippen LogP contribution in [-0.2, 0) is 0 Å². The fourth-order valence-corrected chi connectivity index (χ4v) is 4.59. The highest BCUT2D eigenvalue weighted by Crippen LogP contribution is 2.34. The maximum Gasteiger partial charge on any atom is 0.255 e. The molecular formula is C31H23N2+. The third-order valence-electron chi connectivity index (χ3n) is 6.11. The second-order valence-corrected chi connectivity index (χ2v) is 8.11. The van der Waals surface area contributed by atoms with Crippen LogP contribution >= 0.6 is 0 Å². The molecule has 5 aromatic carbocycles. The van der Waals surface area contributed by atoms with Crippen molar-refractivity contribution in [3.05, 3.63) is 140 Å². The van der Waals surface area contributed by atoms with E-state index in [2.05, 4.69) is 149 Å². The molecule has 0 unspecified atom stereocenters. The molecule has 156 valence electrons. The van der Waals surface area contributed by atoms with Crippen molar-refractivity contribution < 1.29 is 4.57 Å². The SMILES string of the molecule is c1ccc(-c2cccc(-c3ccccc3)c2-[n+]2cn(-c3ccccc3)c3ccccc32)cc1. The Kier molecular flexibility index (Phi) is 4.82. The van der Waals surface area contributed by atoms with Gasteiger partial charge in [0.15, 0.2) is 11.0 Å². The Balaban J connectivity index is 1.71. The molecule has 0 N–H and O–H groups in total. The predicted molar refractivity (Wildman–Crippen MR) is 136 cm³/mol. The van der Waals surface area contributed by atoms with E-state index in [1.165, 1.54) is 39.0 Å². The van der Waals surface area contributed by atoms with Gasteiger partial charge < -0.3 is 0 Å². The summed E-state index contributed by atoms with van der Waals surface area (Å²) in [6.07, 6.45) is 2.22. The molecular weight excluding hydrogens is 400 g/mol. The zero-order valence-electron chi connectivity index (χ0n) is 18.2. The quantitative estimate of drug-likeness (QED) is 0.264. The van der Waals surface area contributed by atoms with E-state index in [-0.39, 0.29) is 0 Å². The summed E-state index contributed by atoms with van der Waals surface area (Å²) in [6.45, 7) is 0. The van der Waals surface area contributed by atoms with Gasteiger partial charge in [0.25, 0.3) is 6.33 Å². The number of hydrogen-bond donors (Lipinski definition) is 0. The van der Waals surface area contributed by atoms with Gasteiger partial charge in [0.2, 0.25) is 0 Å². The standard InChI is InChI=1S/C31H23N2/c1-4-13-24(14-5-1)27-19-12-20-28(25-15-6-2-7-16-25)31(27)33-23-32(26-17-8-3-9-18-26)29-21-10-11-22-30(29)33/h1-23H/q+1. The normalized spacial score (nSPS) is 11.0. The van der Waals surface area contributed by atoms with Crippen LogP contribution < -0.4 is 4.57 Å². The molecule has 0 saturated carbocycles. The first-order valence-electron chi connectivity index (χ1n) is 11.2. The van der Waals surface area contributed by atoms with Gasteiger partial charge in [-0.3, -0.25) is 0 Å². The average molecular weight is 424 g/mol. The number of hydrogen-bond acceptors (Lipinski definition) is 0. The van der Waals surface area contributed by atoms with Crippen LogP contribution in [0.25, 0.3) is 44.7 Å². The van der Waals surface area contributed by atoms with E-state index in [9.17, 15) is 0 Å². The van der Waals surface area contributed by atoms with E-state index >= 15 is 0 Å². The number of fused-ring (bicyclic) bond motifs is 1. The lowest BCUT2D eigenvalue weighted by atomic mass is 9.95. The zero-order valence-corrected chi connectivity index (χ0v) is 18.2. The lowest BCUT2D eigenvalue weighted by Crippen LogP contribution is -2.30. The number of nitrogens with zero attached hydrogens (tertiary/aromatic N) is 2. The second kappa shape index (κ2) is 8.25. The number of rotatable bonds is 4. The zero-order chi connectivity index (χ0) is 22.0. The fourth-order valence-electron chi connectivity index (χ4n) is 4.59. The largest absolute Gasteiger partial charge is 0.255 e. The molecule has 0 bridgehead atoms. The molecule has 0 saturated heterocycles. The molecule has 0 atom stereocenters. The first kappa shape index (κ1) is 19.3. The Hall–Kier alpha value is -4.43. The minimum absolute atomic E-state index is 1.14. The van der Waals surface area contributed by atoms with Gasteiger partial charge >= 0.3 is 0 Å². The molecule has 2 nitrogen and oxygen atoms in total. The molecule has 0 spiro atoms. The van der Waals surface area contributed by atoms with Crippen molar-refractivity contribution in [1.82, 2.24) is 4.57 Å². The molecule has 0 amide bonds. The number of imidazole rings is 1. The lowest BCUT2D eigenvalue weighted by Gasteiger charge is -2.13. The Morgan fingerprint density at radius 2 is 0.970 bits per heavy atom. The highest BCUT2D eigenvalue weighted by Gasteiger charge is 2.24. The highest BCUT2D eigenvalue weighted by molar-refractivity contribution is 5.84. The van der Waals surface area contributed by atoms with E-state index in [0.717, 1.165) is 5.69 Å². The molecule has 33 heavy (non-hydrogen) atoms. The van der Waals surface area contributed by atoms with Crippen LogP contribution in [0.5, 0.6) is 0 Å². The summed E-state index contributed by atoms with van der Waals surface area (Å²) in [5, 5.41) is 0. The first-order chi connectivity index (χ1) is 16.4. The maximum atomic E-state index is 2.34. The minimum Gasteiger partial charge on any atom is -0.195 e. The van der Waals surface area contributed by atoms with E-state index in [1.54, 1.807) is 0 Å². The van der Waals surface area contributed by atoms with Crippen molar-refractivity contribution in [2.45, 2.75) is 0 Å². The van der Waals surface area contributed by atoms with Crippen molar-refractivity contribution >= 4 is 11.0 Å².